The average Bonchev–Trinajstić information content (AvgIpc) is 2.36. The third kappa shape index (κ3) is 3.56. The summed E-state index contributed by atoms with van der Waals surface area (Å²) < 4.78 is 0. The zero-order valence-electron chi connectivity index (χ0n) is 10.6. The highest BCUT2D eigenvalue weighted by Crippen LogP contribution is 2.24. The molecular formula is C13H18N2O3. The second kappa shape index (κ2) is 5.64. The van der Waals surface area contributed by atoms with Crippen molar-refractivity contribution in [3.05, 3.63) is 35.4 Å². The van der Waals surface area contributed by atoms with Crippen molar-refractivity contribution in [1.82, 2.24) is 5.32 Å². The SMILES string of the molecule is CC[C@@](C)(O)c1cccc(C(=O)NCC(N)=O)c1. The molecule has 1 aromatic carbocycles. The summed E-state index contributed by atoms with van der Waals surface area (Å²) in [6, 6.07) is 6.68. The lowest BCUT2D eigenvalue weighted by molar-refractivity contribution is -0.117. The van der Waals surface area contributed by atoms with Crippen molar-refractivity contribution in [3.8, 4) is 0 Å². The van der Waals surface area contributed by atoms with E-state index in [-0.39, 0.29) is 12.5 Å². The molecule has 0 heterocycles. The Kier molecular flexibility index (Phi) is 4.44. The second-order valence-electron chi connectivity index (χ2n) is 4.36. The average molecular weight is 250 g/mol. The fourth-order valence-electron chi connectivity index (χ4n) is 1.47. The van der Waals surface area contributed by atoms with Gasteiger partial charge in [-0.05, 0) is 31.0 Å². The molecule has 2 amide bonds. The number of hydrogen-bond donors (Lipinski definition) is 3. The Hall–Kier alpha value is -1.88. The molecule has 0 aliphatic heterocycles. The Morgan fingerprint density at radius 1 is 1.44 bits per heavy atom. The zero-order valence-corrected chi connectivity index (χ0v) is 10.6. The third-order valence-corrected chi connectivity index (χ3v) is 2.86. The van der Waals surface area contributed by atoms with E-state index >= 15 is 0 Å². The van der Waals surface area contributed by atoms with E-state index in [9.17, 15) is 14.7 Å². The number of hydrogen-bond acceptors (Lipinski definition) is 3. The molecule has 0 unspecified atom stereocenters. The highest BCUT2D eigenvalue weighted by Gasteiger charge is 2.21. The second-order valence-corrected chi connectivity index (χ2v) is 4.36. The van der Waals surface area contributed by atoms with Gasteiger partial charge in [-0.2, -0.15) is 0 Å². The molecule has 0 aliphatic carbocycles. The summed E-state index contributed by atoms with van der Waals surface area (Å²) in [5.41, 5.74) is 5.03. The van der Waals surface area contributed by atoms with E-state index in [0.29, 0.717) is 17.5 Å². The summed E-state index contributed by atoms with van der Waals surface area (Å²) in [6.45, 7) is 3.35. The van der Waals surface area contributed by atoms with Gasteiger partial charge in [-0.25, -0.2) is 0 Å². The van der Waals surface area contributed by atoms with E-state index in [0.717, 1.165) is 0 Å². The summed E-state index contributed by atoms with van der Waals surface area (Å²) in [6.07, 6.45) is 0.541. The van der Waals surface area contributed by atoms with E-state index in [1.54, 1.807) is 31.2 Å². The van der Waals surface area contributed by atoms with Crippen molar-refractivity contribution in [1.29, 1.82) is 0 Å². The molecule has 0 fully saturated rings. The van der Waals surface area contributed by atoms with Gasteiger partial charge in [-0.15, -0.1) is 0 Å². The van der Waals surface area contributed by atoms with E-state index in [2.05, 4.69) is 5.32 Å². The lowest BCUT2D eigenvalue weighted by Gasteiger charge is -2.22. The van der Waals surface area contributed by atoms with Crippen molar-refractivity contribution < 1.29 is 14.7 Å². The van der Waals surface area contributed by atoms with Crippen LogP contribution >= 0.6 is 0 Å². The van der Waals surface area contributed by atoms with Crippen LogP contribution in [0.2, 0.25) is 0 Å². The minimum Gasteiger partial charge on any atom is -0.385 e. The van der Waals surface area contributed by atoms with Crippen molar-refractivity contribution in [2.24, 2.45) is 5.73 Å². The van der Waals surface area contributed by atoms with Crippen molar-refractivity contribution in [3.63, 3.8) is 0 Å². The minimum atomic E-state index is -0.972. The molecule has 0 saturated carbocycles. The molecule has 4 N–H and O–H groups in total. The number of carbonyl (C=O) groups excluding carboxylic acids is 2. The number of nitrogens with two attached hydrogens (primary N) is 1. The van der Waals surface area contributed by atoms with E-state index < -0.39 is 11.5 Å². The van der Waals surface area contributed by atoms with Gasteiger partial charge in [-0.1, -0.05) is 19.1 Å². The summed E-state index contributed by atoms with van der Waals surface area (Å²) in [5.74, 6) is -0.984. The van der Waals surface area contributed by atoms with Gasteiger partial charge in [0.1, 0.15) is 0 Å². The molecule has 5 heteroatoms. The summed E-state index contributed by atoms with van der Waals surface area (Å²) in [5, 5.41) is 12.5. The van der Waals surface area contributed by atoms with Crippen LogP contribution in [0, 0.1) is 0 Å². The smallest absolute Gasteiger partial charge is 0.251 e. The lowest BCUT2D eigenvalue weighted by atomic mass is 9.92. The summed E-state index contributed by atoms with van der Waals surface area (Å²) >= 11 is 0. The van der Waals surface area contributed by atoms with Gasteiger partial charge >= 0.3 is 0 Å². The van der Waals surface area contributed by atoms with Crippen molar-refractivity contribution in [2.75, 3.05) is 6.54 Å². The van der Waals surface area contributed by atoms with Crippen LogP contribution in [0.15, 0.2) is 24.3 Å². The van der Waals surface area contributed by atoms with Gasteiger partial charge in [0.2, 0.25) is 5.91 Å². The Morgan fingerprint density at radius 2 is 2.11 bits per heavy atom. The maximum Gasteiger partial charge on any atom is 0.251 e. The molecule has 0 aromatic heterocycles. The van der Waals surface area contributed by atoms with E-state index in [1.807, 2.05) is 6.92 Å². The van der Waals surface area contributed by atoms with Crippen LogP contribution < -0.4 is 11.1 Å². The molecule has 5 nitrogen and oxygen atoms in total. The van der Waals surface area contributed by atoms with Crippen LogP contribution in [0.4, 0.5) is 0 Å². The van der Waals surface area contributed by atoms with E-state index in [1.165, 1.54) is 0 Å². The van der Waals surface area contributed by atoms with Gasteiger partial charge < -0.3 is 16.2 Å². The van der Waals surface area contributed by atoms with Crippen LogP contribution in [-0.2, 0) is 10.4 Å². The first-order valence-corrected chi connectivity index (χ1v) is 5.76. The maximum absolute atomic E-state index is 11.7. The third-order valence-electron chi connectivity index (χ3n) is 2.86. The van der Waals surface area contributed by atoms with Crippen LogP contribution in [0.5, 0.6) is 0 Å². The number of aliphatic hydroxyl groups is 1. The lowest BCUT2D eigenvalue weighted by Crippen LogP contribution is -2.33. The first-order valence-electron chi connectivity index (χ1n) is 5.76. The zero-order chi connectivity index (χ0) is 13.8. The number of rotatable bonds is 5. The van der Waals surface area contributed by atoms with Gasteiger partial charge in [0.15, 0.2) is 0 Å². The highest BCUT2D eigenvalue weighted by atomic mass is 16.3. The molecule has 0 saturated heterocycles. The van der Waals surface area contributed by atoms with Gasteiger partial charge in [-0.3, -0.25) is 9.59 Å². The molecule has 0 bridgehead atoms. The van der Waals surface area contributed by atoms with Crippen LogP contribution in [0.1, 0.15) is 36.2 Å². The number of carbonyl (C=O) groups is 2. The molecule has 98 valence electrons. The number of amides is 2. The Balaban J connectivity index is 2.88. The Bertz CT molecular complexity index is 455. The van der Waals surface area contributed by atoms with Crippen LogP contribution in [-0.4, -0.2) is 23.5 Å². The minimum absolute atomic E-state index is 0.201. The predicted molar refractivity (Wildman–Crippen MR) is 67.8 cm³/mol. The molecular weight excluding hydrogens is 232 g/mol. The topological polar surface area (TPSA) is 92.4 Å². The van der Waals surface area contributed by atoms with Crippen molar-refractivity contribution in [2.45, 2.75) is 25.9 Å². The summed E-state index contributed by atoms with van der Waals surface area (Å²) in [7, 11) is 0. The van der Waals surface area contributed by atoms with E-state index in [4.69, 9.17) is 5.73 Å². The van der Waals surface area contributed by atoms with Gasteiger partial charge in [0.05, 0.1) is 12.1 Å². The largest absolute Gasteiger partial charge is 0.385 e. The maximum atomic E-state index is 11.7. The highest BCUT2D eigenvalue weighted by molar-refractivity contribution is 5.96. The van der Waals surface area contributed by atoms with Crippen LogP contribution in [0.25, 0.3) is 0 Å². The number of primary amides is 1. The quantitative estimate of drug-likeness (QED) is 0.711. The Morgan fingerprint density at radius 3 is 2.67 bits per heavy atom. The first-order chi connectivity index (χ1) is 8.36. The molecule has 1 rings (SSSR count). The fourth-order valence-corrected chi connectivity index (χ4v) is 1.47. The predicted octanol–water partition coefficient (Wildman–Crippen LogP) is 0.519. The standard InChI is InChI=1S/C13H18N2O3/c1-3-13(2,18)10-6-4-5-9(7-10)12(17)15-8-11(14)16/h4-7,18H,3,8H2,1-2H3,(H2,14,16)(H,15,17)/t13-/m1/s1. The molecule has 0 radical (unpaired) electrons. The molecule has 1 aromatic rings. The number of nitrogens with one attached hydrogen (secondary N) is 1. The fraction of sp³-hybridized carbons (Fsp3) is 0.385. The molecule has 1 atom stereocenters. The Labute approximate surface area is 106 Å². The van der Waals surface area contributed by atoms with Crippen molar-refractivity contribution >= 4 is 11.8 Å². The molecule has 0 aliphatic rings. The van der Waals surface area contributed by atoms with Gasteiger partial charge in [0, 0.05) is 5.56 Å². The monoisotopic (exact) mass is 250 g/mol. The van der Waals surface area contributed by atoms with Crippen LogP contribution in [0.3, 0.4) is 0 Å². The molecule has 0 spiro atoms. The normalized spacial score (nSPS) is 13.7. The first kappa shape index (κ1) is 14.2. The summed E-state index contributed by atoms with van der Waals surface area (Å²) in [4.78, 5) is 22.3. The molecule has 18 heavy (non-hydrogen) atoms. The number of benzene rings is 1. The van der Waals surface area contributed by atoms with Gasteiger partial charge in [0.25, 0.3) is 5.91 Å².